The van der Waals surface area contributed by atoms with Crippen LogP contribution in [-0.4, -0.2) is 43.7 Å². The maximum absolute atomic E-state index is 3.33. The van der Waals surface area contributed by atoms with E-state index in [0.717, 1.165) is 0 Å². The van der Waals surface area contributed by atoms with E-state index in [-0.39, 0.29) is 0 Å². The number of rotatable bonds is 44. The number of unbranched alkanes of at least 4 members (excludes halogenated alkanes) is 30. The van der Waals surface area contributed by atoms with E-state index in [1.165, 1.54) is 257 Å². The molecular formula is C48H102N2Si. The van der Waals surface area contributed by atoms with Gasteiger partial charge in [-0.3, -0.25) is 0 Å². The van der Waals surface area contributed by atoms with E-state index in [1.807, 2.05) is 0 Å². The van der Waals surface area contributed by atoms with Crippen LogP contribution in [0.5, 0.6) is 0 Å². The molecule has 0 bridgehead atoms. The van der Waals surface area contributed by atoms with Crippen molar-refractivity contribution in [2.24, 2.45) is 0 Å². The van der Waals surface area contributed by atoms with Crippen molar-refractivity contribution in [3.63, 3.8) is 0 Å². The second-order valence-electron chi connectivity index (χ2n) is 17.1. The summed E-state index contributed by atoms with van der Waals surface area (Å²) in [6, 6.07) is 3.12. The molecule has 0 atom stereocenters. The fourth-order valence-corrected chi connectivity index (χ4v) is 14.6. The van der Waals surface area contributed by atoms with Crippen molar-refractivity contribution < 1.29 is 0 Å². The molecule has 308 valence electrons. The van der Waals surface area contributed by atoms with E-state index in [0.29, 0.717) is 0 Å². The highest BCUT2D eigenvalue weighted by molar-refractivity contribution is 6.74. The van der Waals surface area contributed by atoms with Gasteiger partial charge in [0.1, 0.15) is 0 Å². The zero-order valence-corrected chi connectivity index (χ0v) is 38.1. The highest BCUT2D eigenvalue weighted by Crippen LogP contribution is 2.33. The maximum atomic E-state index is 3.33. The Hall–Kier alpha value is 0.137. The second-order valence-corrected chi connectivity index (χ2v) is 21.3. The van der Waals surface area contributed by atoms with Crippen LogP contribution in [0.15, 0.2) is 0 Å². The van der Waals surface area contributed by atoms with Crippen molar-refractivity contribution in [1.29, 1.82) is 0 Å². The molecule has 0 heterocycles. The predicted molar refractivity (Wildman–Crippen MR) is 239 cm³/mol. The highest BCUT2D eigenvalue weighted by Gasteiger charge is 2.43. The Balaban J connectivity index is 6.45. The van der Waals surface area contributed by atoms with Crippen LogP contribution >= 0.6 is 0 Å². The lowest BCUT2D eigenvalue weighted by Crippen LogP contribution is -2.66. The molecule has 0 N–H and O–H groups in total. The number of hydrogen-bond donors (Lipinski definition) is 0. The van der Waals surface area contributed by atoms with E-state index in [1.54, 1.807) is 12.1 Å². The van der Waals surface area contributed by atoms with Gasteiger partial charge in [-0.1, -0.05) is 247 Å². The third-order valence-electron chi connectivity index (χ3n) is 12.2. The minimum absolute atomic E-state index is 1.36. The normalized spacial score (nSPS) is 12.2. The first-order chi connectivity index (χ1) is 25.2. The first kappa shape index (κ1) is 51.1. The van der Waals surface area contributed by atoms with Crippen LogP contribution in [0.25, 0.3) is 0 Å². The lowest BCUT2D eigenvalue weighted by molar-refractivity contribution is 0.289. The molecule has 0 aliphatic heterocycles. The quantitative estimate of drug-likeness (QED) is 0.0454. The molecule has 0 unspecified atom stereocenters. The van der Waals surface area contributed by atoms with Crippen LogP contribution in [-0.2, 0) is 0 Å². The maximum Gasteiger partial charge on any atom is 0.206 e. The molecule has 0 radical (unpaired) electrons. The number of nitrogens with zero attached hydrogens (tertiary/aromatic N) is 2. The summed E-state index contributed by atoms with van der Waals surface area (Å²) in [5.41, 5.74) is 0. The van der Waals surface area contributed by atoms with Gasteiger partial charge in [-0.25, -0.2) is 0 Å². The van der Waals surface area contributed by atoms with Gasteiger partial charge in [0, 0.05) is 0 Å². The molecule has 0 aliphatic carbocycles. The Morgan fingerprint density at radius 2 is 0.392 bits per heavy atom. The molecule has 0 fully saturated rings. The van der Waals surface area contributed by atoms with Crippen molar-refractivity contribution >= 4 is 8.40 Å². The van der Waals surface area contributed by atoms with Crippen molar-refractivity contribution in [2.75, 3.05) is 26.2 Å². The molecule has 3 heteroatoms. The van der Waals surface area contributed by atoms with Gasteiger partial charge >= 0.3 is 0 Å². The third-order valence-corrected chi connectivity index (χ3v) is 17.7. The van der Waals surface area contributed by atoms with Gasteiger partial charge in [0.15, 0.2) is 0 Å². The molecule has 2 nitrogen and oxygen atoms in total. The Kier molecular flexibility index (Phi) is 41.4. The first-order valence-corrected chi connectivity index (χ1v) is 27.0. The summed E-state index contributed by atoms with van der Waals surface area (Å²) < 4.78 is 6.66. The van der Waals surface area contributed by atoms with Gasteiger partial charge in [-0.2, -0.15) is 0 Å². The summed E-state index contributed by atoms with van der Waals surface area (Å²) in [7, 11) is -1.83. The van der Waals surface area contributed by atoms with Gasteiger partial charge in [0.2, 0.25) is 8.40 Å². The van der Waals surface area contributed by atoms with Gasteiger partial charge in [0.25, 0.3) is 0 Å². The standard InChI is InChI=1S/C48H102N2Si/c1-7-13-19-25-31-37-43-49(44-38-32-26-20-14-8-2)51(47-41-35-29-23-17-11-5,48-42-36-30-24-18-12-6)50(45-39-33-27-21-15-9-3)46-40-34-28-22-16-10-4/h7-48H2,1-6H3. The monoisotopic (exact) mass is 735 g/mol. The van der Waals surface area contributed by atoms with Crippen LogP contribution in [0.1, 0.15) is 273 Å². The van der Waals surface area contributed by atoms with Gasteiger partial charge in [-0.15, -0.1) is 0 Å². The molecule has 0 rings (SSSR count). The van der Waals surface area contributed by atoms with Crippen molar-refractivity contribution in [2.45, 2.75) is 285 Å². The molecule has 0 aliphatic rings. The lowest BCUT2D eigenvalue weighted by Gasteiger charge is -2.50. The minimum Gasteiger partial charge on any atom is -0.312 e. The first-order valence-electron chi connectivity index (χ1n) is 24.7. The average molecular weight is 735 g/mol. The Morgan fingerprint density at radius 3 is 0.608 bits per heavy atom. The van der Waals surface area contributed by atoms with E-state index >= 15 is 0 Å². The molecule has 0 aromatic carbocycles. The van der Waals surface area contributed by atoms with Crippen molar-refractivity contribution in [3.05, 3.63) is 0 Å². The van der Waals surface area contributed by atoms with Gasteiger partial charge < -0.3 is 9.13 Å². The van der Waals surface area contributed by atoms with E-state index in [9.17, 15) is 0 Å². The Bertz CT molecular complexity index is 553. The van der Waals surface area contributed by atoms with Gasteiger partial charge in [-0.05, 0) is 64.0 Å². The highest BCUT2D eigenvalue weighted by atomic mass is 28.3. The topological polar surface area (TPSA) is 6.48 Å². The summed E-state index contributed by atoms with van der Waals surface area (Å²) in [4.78, 5) is 0. The molecule has 0 aromatic heterocycles. The molecular weight excluding hydrogens is 633 g/mol. The molecule has 0 saturated carbocycles. The molecule has 0 spiro atoms. The summed E-state index contributed by atoms with van der Waals surface area (Å²) >= 11 is 0. The van der Waals surface area contributed by atoms with Gasteiger partial charge in [0.05, 0.1) is 0 Å². The Morgan fingerprint density at radius 1 is 0.216 bits per heavy atom. The second kappa shape index (κ2) is 41.3. The van der Waals surface area contributed by atoms with Crippen LogP contribution in [0.2, 0.25) is 12.1 Å². The average Bonchev–Trinajstić information content (AvgIpc) is 3.14. The van der Waals surface area contributed by atoms with Crippen LogP contribution in [0.4, 0.5) is 0 Å². The lowest BCUT2D eigenvalue weighted by atomic mass is 10.1. The number of hydrogen-bond acceptors (Lipinski definition) is 2. The van der Waals surface area contributed by atoms with E-state index in [4.69, 9.17) is 0 Å². The summed E-state index contributed by atoms with van der Waals surface area (Å²) in [5.74, 6) is 0. The van der Waals surface area contributed by atoms with Crippen LogP contribution < -0.4 is 0 Å². The fraction of sp³-hybridized carbons (Fsp3) is 1.00. The molecule has 0 saturated heterocycles. The zero-order chi connectivity index (χ0) is 37.4. The summed E-state index contributed by atoms with van der Waals surface area (Å²) in [5, 5.41) is 0. The largest absolute Gasteiger partial charge is 0.312 e. The molecule has 0 aromatic rings. The SMILES string of the molecule is CCCCCCCCN(CCCCCCCC)[Si](CCCCCCCC)(CCCCCCCC)N(CCCCCCCC)CCCCCCCC. The van der Waals surface area contributed by atoms with Crippen LogP contribution in [0, 0.1) is 0 Å². The smallest absolute Gasteiger partial charge is 0.206 e. The third kappa shape index (κ3) is 30.1. The summed E-state index contributed by atoms with van der Waals surface area (Å²) in [6.07, 6.45) is 51.9. The summed E-state index contributed by atoms with van der Waals surface area (Å²) in [6.45, 7) is 19.9. The van der Waals surface area contributed by atoms with Crippen molar-refractivity contribution in [1.82, 2.24) is 9.13 Å². The molecule has 0 amide bonds. The van der Waals surface area contributed by atoms with Crippen LogP contribution in [0.3, 0.4) is 0 Å². The van der Waals surface area contributed by atoms with E-state index in [2.05, 4.69) is 50.7 Å². The molecule has 51 heavy (non-hydrogen) atoms. The minimum atomic E-state index is -1.83. The zero-order valence-electron chi connectivity index (χ0n) is 37.1. The van der Waals surface area contributed by atoms with Crippen molar-refractivity contribution in [3.8, 4) is 0 Å². The Labute approximate surface area is 327 Å². The predicted octanol–water partition coefficient (Wildman–Crippen LogP) is 17.2. The fourth-order valence-electron chi connectivity index (χ4n) is 8.72. The van der Waals surface area contributed by atoms with E-state index < -0.39 is 8.40 Å².